The number of aromatic nitrogens is 3. The maximum atomic E-state index is 12.7. The fourth-order valence-corrected chi connectivity index (χ4v) is 2.79. The second-order valence-electron chi connectivity index (χ2n) is 5.67. The predicted octanol–water partition coefficient (Wildman–Crippen LogP) is 3.40. The topological polar surface area (TPSA) is 69.0 Å². The highest BCUT2D eigenvalue weighted by molar-refractivity contribution is 6.07. The number of aryl methyl sites for hydroxylation is 2. The number of carbonyl (C=O) groups excluding carboxylic acids is 1. The average Bonchev–Trinajstić information content (AvgIpc) is 3.17. The van der Waals surface area contributed by atoms with Gasteiger partial charge < -0.3 is 10.1 Å². The van der Waals surface area contributed by atoms with Crippen molar-refractivity contribution < 1.29 is 9.53 Å². The van der Waals surface area contributed by atoms with E-state index < -0.39 is 0 Å². The van der Waals surface area contributed by atoms with E-state index >= 15 is 0 Å². The molecule has 25 heavy (non-hydrogen) atoms. The standard InChI is InChI=1S/C19H20N4O2/c1-4-14-10-15(23-11-20-21-12-23)9-13(2)18(14)22-19(24)16-7-5-6-8-17(16)25-3/h5-12H,4H2,1-3H3,(H,22,24). The van der Waals surface area contributed by atoms with Gasteiger partial charge in [-0.2, -0.15) is 0 Å². The lowest BCUT2D eigenvalue weighted by molar-refractivity contribution is 0.102. The molecule has 1 heterocycles. The Bertz CT molecular complexity index is 888. The van der Waals surface area contributed by atoms with Gasteiger partial charge in [0.1, 0.15) is 18.4 Å². The van der Waals surface area contributed by atoms with Crippen molar-refractivity contribution in [3.05, 3.63) is 65.7 Å². The molecule has 6 nitrogen and oxygen atoms in total. The normalized spacial score (nSPS) is 10.5. The lowest BCUT2D eigenvalue weighted by Gasteiger charge is -2.16. The Hall–Kier alpha value is -3.15. The molecule has 0 spiro atoms. The highest BCUT2D eigenvalue weighted by Crippen LogP contribution is 2.27. The van der Waals surface area contributed by atoms with E-state index in [4.69, 9.17) is 4.74 Å². The summed E-state index contributed by atoms with van der Waals surface area (Å²) in [5, 5.41) is 10.7. The Morgan fingerprint density at radius 1 is 1.20 bits per heavy atom. The molecule has 3 aromatic rings. The Morgan fingerprint density at radius 3 is 2.60 bits per heavy atom. The number of carbonyl (C=O) groups is 1. The molecular formula is C19H20N4O2. The molecular weight excluding hydrogens is 316 g/mol. The fourth-order valence-electron chi connectivity index (χ4n) is 2.79. The molecule has 0 atom stereocenters. The smallest absolute Gasteiger partial charge is 0.259 e. The SMILES string of the molecule is CCc1cc(-n2cnnc2)cc(C)c1NC(=O)c1ccccc1OC. The number of hydrogen-bond acceptors (Lipinski definition) is 4. The third-order valence-corrected chi connectivity index (χ3v) is 4.09. The van der Waals surface area contributed by atoms with Gasteiger partial charge in [-0.05, 0) is 48.7 Å². The quantitative estimate of drug-likeness (QED) is 0.775. The first kappa shape index (κ1) is 16.7. The van der Waals surface area contributed by atoms with E-state index in [1.807, 2.05) is 35.8 Å². The molecule has 3 rings (SSSR count). The van der Waals surface area contributed by atoms with Gasteiger partial charge >= 0.3 is 0 Å². The van der Waals surface area contributed by atoms with Gasteiger partial charge in [0.15, 0.2) is 0 Å². The number of methoxy groups -OCH3 is 1. The van der Waals surface area contributed by atoms with Crippen LogP contribution in [0.4, 0.5) is 5.69 Å². The molecule has 2 aromatic carbocycles. The van der Waals surface area contributed by atoms with Crippen LogP contribution in [0.2, 0.25) is 0 Å². The molecule has 1 amide bonds. The Labute approximate surface area is 146 Å². The molecule has 1 aromatic heterocycles. The third-order valence-electron chi connectivity index (χ3n) is 4.09. The summed E-state index contributed by atoms with van der Waals surface area (Å²) in [6, 6.07) is 11.2. The molecule has 0 radical (unpaired) electrons. The third kappa shape index (κ3) is 3.38. The number of para-hydroxylation sites is 1. The number of hydrogen-bond donors (Lipinski definition) is 1. The van der Waals surface area contributed by atoms with Crippen molar-refractivity contribution in [3.63, 3.8) is 0 Å². The van der Waals surface area contributed by atoms with Crippen LogP contribution in [0.15, 0.2) is 49.1 Å². The van der Waals surface area contributed by atoms with Gasteiger partial charge in [-0.3, -0.25) is 9.36 Å². The van der Waals surface area contributed by atoms with Gasteiger partial charge in [0.2, 0.25) is 0 Å². The Morgan fingerprint density at radius 2 is 1.92 bits per heavy atom. The summed E-state index contributed by atoms with van der Waals surface area (Å²) in [4.78, 5) is 12.7. The molecule has 0 fully saturated rings. The second-order valence-corrected chi connectivity index (χ2v) is 5.67. The number of nitrogens with zero attached hydrogens (tertiary/aromatic N) is 3. The number of amides is 1. The predicted molar refractivity (Wildman–Crippen MR) is 96.4 cm³/mol. The summed E-state index contributed by atoms with van der Waals surface area (Å²) in [6.07, 6.45) is 4.10. The molecule has 0 saturated carbocycles. The van der Waals surface area contributed by atoms with Crippen LogP contribution in [0.1, 0.15) is 28.4 Å². The van der Waals surface area contributed by atoms with Crippen LogP contribution < -0.4 is 10.1 Å². The van der Waals surface area contributed by atoms with E-state index in [2.05, 4.69) is 22.4 Å². The fraction of sp³-hybridized carbons (Fsp3) is 0.211. The number of ether oxygens (including phenoxy) is 1. The van der Waals surface area contributed by atoms with E-state index in [0.29, 0.717) is 11.3 Å². The summed E-state index contributed by atoms with van der Waals surface area (Å²) >= 11 is 0. The van der Waals surface area contributed by atoms with Crippen molar-refractivity contribution in [3.8, 4) is 11.4 Å². The van der Waals surface area contributed by atoms with Gasteiger partial charge in [-0.15, -0.1) is 10.2 Å². The first-order valence-corrected chi connectivity index (χ1v) is 8.07. The number of nitrogens with one attached hydrogen (secondary N) is 1. The lowest BCUT2D eigenvalue weighted by atomic mass is 10.0. The number of benzene rings is 2. The minimum Gasteiger partial charge on any atom is -0.496 e. The first-order chi connectivity index (χ1) is 12.1. The lowest BCUT2D eigenvalue weighted by Crippen LogP contribution is -2.15. The summed E-state index contributed by atoms with van der Waals surface area (Å²) < 4.78 is 7.13. The molecule has 128 valence electrons. The molecule has 0 unspecified atom stereocenters. The Kier molecular flexibility index (Phi) is 4.79. The van der Waals surface area contributed by atoms with E-state index in [9.17, 15) is 4.79 Å². The van der Waals surface area contributed by atoms with Crippen molar-refractivity contribution in [1.29, 1.82) is 0 Å². The minimum atomic E-state index is -0.188. The molecule has 0 aliphatic carbocycles. The van der Waals surface area contributed by atoms with Crippen LogP contribution in [0, 0.1) is 6.92 Å². The molecule has 0 saturated heterocycles. The largest absolute Gasteiger partial charge is 0.496 e. The van der Waals surface area contributed by atoms with Crippen molar-refractivity contribution in [2.75, 3.05) is 12.4 Å². The monoisotopic (exact) mass is 336 g/mol. The van der Waals surface area contributed by atoms with Gasteiger partial charge in [-0.25, -0.2) is 0 Å². The summed E-state index contributed by atoms with van der Waals surface area (Å²) in [6.45, 7) is 4.04. The van der Waals surface area contributed by atoms with E-state index in [-0.39, 0.29) is 5.91 Å². The van der Waals surface area contributed by atoms with Crippen molar-refractivity contribution in [2.24, 2.45) is 0 Å². The van der Waals surface area contributed by atoms with Crippen LogP contribution in [0.3, 0.4) is 0 Å². The molecule has 6 heteroatoms. The van der Waals surface area contributed by atoms with Crippen LogP contribution >= 0.6 is 0 Å². The van der Waals surface area contributed by atoms with E-state index in [1.54, 1.807) is 31.9 Å². The maximum Gasteiger partial charge on any atom is 0.259 e. The zero-order chi connectivity index (χ0) is 17.8. The van der Waals surface area contributed by atoms with Gasteiger partial charge in [-0.1, -0.05) is 19.1 Å². The zero-order valence-electron chi connectivity index (χ0n) is 14.5. The van der Waals surface area contributed by atoms with Crippen LogP contribution in [-0.2, 0) is 6.42 Å². The van der Waals surface area contributed by atoms with Crippen molar-refractivity contribution in [1.82, 2.24) is 14.8 Å². The van der Waals surface area contributed by atoms with Gasteiger partial charge in [0.05, 0.1) is 12.7 Å². The molecule has 0 aliphatic heterocycles. The van der Waals surface area contributed by atoms with Crippen molar-refractivity contribution in [2.45, 2.75) is 20.3 Å². The maximum absolute atomic E-state index is 12.7. The minimum absolute atomic E-state index is 0.188. The summed E-state index contributed by atoms with van der Waals surface area (Å²) in [7, 11) is 1.56. The number of anilines is 1. The summed E-state index contributed by atoms with van der Waals surface area (Å²) in [5.41, 5.74) is 4.33. The van der Waals surface area contributed by atoms with Gasteiger partial charge in [0.25, 0.3) is 5.91 Å². The molecule has 0 aliphatic rings. The van der Waals surface area contributed by atoms with Crippen LogP contribution in [-0.4, -0.2) is 27.8 Å². The summed E-state index contributed by atoms with van der Waals surface area (Å²) in [5.74, 6) is 0.365. The van der Waals surface area contributed by atoms with Crippen LogP contribution in [0.5, 0.6) is 5.75 Å². The highest BCUT2D eigenvalue weighted by Gasteiger charge is 2.15. The molecule has 1 N–H and O–H groups in total. The van der Waals surface area contributed by atoms with Crippen LogP contribution in [0.25, 0.3) is 5.69 Å². The second kappa shape index (κ2) is 7.17. The zero-order valence-corrected chi connectivity index (χ0v) is 14.5. The van der Waals surface area contributed by atoms with E-state index in [1.165, 1.54) is 0 Å². The van der Waals surface area contributed by atoms with Crippen molar-refractivity contribution >= 4 is 11.6 Å². The molecule has 0 bridgehead atoms. The number of rotatable bonds is 5. The Balaban J connectivity index is 1.96. The van der Waals surface area contributed by atoms with E-state index in [0.717, 1.165) is 28.9 Å². The first-order valence-electron chi connectivity index (χ1n) is 8.07. The van der Waals surface area contributed by atoms with Gasteiger partial charge in [0, 0.05) is 11.4 Å². The highest BCUT2D eigenvalue weighted by atomic mass is 16.5. The average molecular weight is 336 g/mol.